The third kappa shape index (κ3) is 17.4. The topological polar surface area (TPSA) is 120 Å². The molecule has 6 nitrogen and oxygen atoms in total. The maximum atomic E-state index is 10.4. The first-order valence-corrected chi connectivity index (χ1v) is 16.9. The van der Waals surface area contributed by atoms with Crippen molar-refractivity contribution in [3.63, 3.8) is 0 Å². The van der Waals surface area contributed by atoms with Crippen LogP contribution in [0.3, 0.4) is 0 Å². The summed E-state index contributed by atoms with van der Waals surface area (Å²) >= 11 is 5.42. The fourth-order valence-electron chi connectivity index (χ4n) is 2.25. The van der Waals surface area contributed by atoms with Gasteiger partial charge in [-0.3, -0.25) is 0 Å². The van der Waals surface area contributed by atoms with Gasteiger partial charge in [-0.25, -0.2) is 0 Å². The van der Waals surface area contributed by atoms with Gasteiger partial charge in [-0.15, -0.1) is 35.3 Å². The molecular formula is C28H30O6S3Sn. The summed E-state index contributed by atoms with van der Waals surface area (Å²) in [5, 5.41) is 29.6. The van der Waals surface area contributed by atoms with E-state index >= 15 is 0 Å². The average Bonchev–Trinajstić information content (AvgIpc) is 2.92. The Labute approximate surface area is 251 Å². The van der Waals surface area contributed by atoms with Crippen molar-refractivity contribution in [3.8, 4) is 0 Å². The van der Waals surface area contributed by atoms with Gasteiger partial charge in [0.2, 0.25) is 0 Å². The Morgan fingerprint density at radius 3 is 0.842 bits per heavy atom. The second-order valence-electron chi connectivity index (χ2n) is 7.18. The second-order valence-corrected chi connectivity index (χ2v) is 11.4. The summed E-state index contributed by atoms with van der Waals surface area (Å²) in [5.41, 5.74) is 0. The molecule has 200 valence electrons. The van der Waals surface area contributed by atoms with Crippen LogP contribution < -0.4 is 15.3 Å². The number of carbonyl (C=O) groups excluding carboxylic acids is 3. The minimum absolute atomic E-state index is 0.493. The molecule has 0 N–H and O–H groups in total. The number of hydrogen-bond donors (Lipinski definition) is 0. The molecule has 0 saturated heterocycles. The number of carboxylic acid groups (broad SMARTS) is 3. The first kappa shape index (κ1) is 35.9. The number of carboxylic acids is 3. The van der Waals surface area contributed by atoms with E-state index in [2.05, 4.69) is 4.94 Å². The van der Waals surface area contributed by atoms with E-state index in [1.54, 1.807) is 43.3 Å². The van der Waals surface area contributed by atoms with Crippen molar-refractivity contribution in [2.75, 3.05) is 0 Å². The third-order valence-electron chi connectivity index (χ3n) is 4.16. The summed E-state index contributed by atoms with van der Waals surface area (Å²) in [6.45, 7) is 4.85. The molecule has 0 heterocycles. The fourth-order valence-corrected chi connectivity index (χ4v) is 4.71. The van der Waals surface area contributed by atoms with Gasteiger partial charge >= 0.3 is 27.5 Å². The van der Waals surface area contributed by atoms with Crippen LogP contribution in [0.15, 0.2) is 106 Å². The van der Waals surface area contributed by atoms with E-state index in [0.717, 1.165) is 14.7 Å². The molecule has 0 aliphatic rings. The molecule has 0 aromatic heterocycles. The average molecular weight is 677 g/mol. The summed E-state index contributed by atoms with van der Waals surface area (Å²) in [6, 6.07) is 28.2. The normalized spacial score (nSPS) is 11.9. The van der Waals surface area contributed by atoms with E-state index in [1.807, 2.05) is 91.0 Å². The Bertz CT molecular complexity index is 919. The Morgan fingerprint density at radius 1 is 0.500 bits per heavy atom. The predicted molar refractivity (Wildman–Crippen MR) is 152 cm³/mol. The molecule has 10 heteroatoms. The number of rotatable bonds is 9. The van der Waals surface area contributed by atoms with Gasteiger partial charge in [0.05, 0.1) is 17.9 Å². The van der Waals surface area contributed by atoms with Gasteiger partial charge in [-0.1, -0.05) is 54.6 Å². The van der Waals surface area contributed by atoms with Crippen LogP contribution in [0.2, 0.25) is 4.94 Å². The summed E-state index contributed by atoms with van der Waals surface area (Å²) in [6.07, 6.45) is 0. The second kappa shape index (κ2) is 21.8. The minimum atomic E-state index is -1.02. The molecule has 0 bridgehead atoms. The van der Waals surface area contributed by atoms with Gasteiger partial charge in [-0.05, 0) is 57.2 Å². The Morgan fingerprint density at radius 2 is 0.684 bits per heavy atom. The SMILES string of the molecule is CC(Sc1ccccc1)C(=O)[O-].CC(Sc1ccccc1)C(=O)[O-].CC(Sc1ccccc1)C(=O)[O-].[CH3][Sn+3]. The molecule has 3 aromatic rings. The first-order valence-electron chi connectivity index (χ1n) is 11.4. The molecule has 0 saturated carbocycles. The molecule has 0 fully saturated rings. The van der Waals surface area contributed by atoms with Gasteiger partial charge in [0, 0.05) is 30.4 Å². The zero-order valence-electron chi connectivity index (χ0n) is 21.6. The van der Waals surface area contributed by atoms with Crippen LogP contribution in [-0.4, -0.2) is 56.2 Å². The van der Waals surface area contributed by atoms with Crippen molar-refractivity contribution in [3.05, 3.63) is 91.0 Å². The van der Waals surface area contributed by atoms with Gasteiger partial charge in [-0.2, -0.15) is 0 Å². The van der Waals surface area contributed by atoms with Gasteiger partial charge < -0.3 is 29.7 Å². The zero-order valence-corrected chi connectivity index (χ0v) is 26.9. The van der Waals surface area contributed by atoms with E-state index < -0.39 is 33.7 Å². The molecule has 0 radical (unpaired) electrons. The van der Waals surface area contributed by atoms with Crippen LogP contribution in [0, 0.1) is 0 Å². The quantitative estimate of drug-likeness (QED) is 0.249. The molecule has 3 rings (SSSR count). The third-order valence-corrected chi connectivity index (χ3v) is 7.43. The summed E-state index contributed by atoms with van der Waals surface area (Å²) < 4.78 is 0. The number of hydrogen-bond acceptors (Lipinski definition) is 9. The number of aliphatic carboxylic acids is 3. The van der Waals surface area contributed by atoms with E-state index in [4.69, 9.17) is 0 Å². The molecule has 3 atom stereocenters. The molecule has 0 amide bonds. The predicted octanol–water partition coefficient (Wildman–Crippen LogP) is 2.95. The first-order chi connectivity index (χ1) is 18.1. The van der Waals surface area contributed by atoms with Crippen molar-refractivity contribution in [1.82, 2.24) is 0 Å². The van der Waals surface area contributed by atoms with Crippen LogP contribution in [0.1, 0.15) is 20.8 Å². The maximum absolute atomic E-state index is 10.4. The van der Waals surface area contributed by atoms with E-state index in [-0.39, 0.29) is 0 Å². The van der Waals surface area contributed by atoms with E-state index in [0.29, 0.717) is 0 Å². The number of carbonyl (C=O) groups is 3. The van der Waals surface area contributed by atoms with Crippen LogP contribution in [-0.2, 0) is 14.4 Å². The van der Waals surface area contributed by atoms with Crippen LogP contribution in [0.4, 0.5) is 0 Å². The van der Waals surface area contributed by atoms with Gasteiger partial charge in [0.1, 0.15) is 0 Å². The van der Waals surface area contributed by atoms with Crippen molar-refractivity contribution in [1.29, 1.82) is 0 Å². The van der Waals surface area contributed by atoms with Gasteiger partial charge in [0.15, 0.2) is 0 Å². The Hall–Kier alpha value is -2.08. The van der Waals surface area contributed by atoms with Crippen molar-refractivity contribution >= 4 is 75.7 Å². The zero-order chi connectivity index (χ0) is 28.9. The molecule has 0 aliphatic heterocycles. The molecule has 0 aliphatic carbocycles. The van der Waals surface area contributed by atoms with Crippen LogP contribution in [0.25, 0.3) is 0 Å². The standard InChI is InChI=1S/3C9H10O2S.CH3.Sn/c3*1-7(9(10)11)12-8-5-3-2-4-6-8;;/h3*2-7H,1H3,(H,10,11);1H3;/q;;;;+3/p-3. The monoisotopic (exact) mass is 678 g/mol. The van der Waals surface area contributed by atoms with Crippen LogP contribution >= 0.6 is 35.3 Å². The summed E-state index contributed by atoms with van der Waals surface area (Å²) in [7, 11) is 0. The molecule has 0 spiro atoms. The number of thioether (sulfide) groups is 3. The molecule has 38 heavy (non-hydrogen) atoms. The van der Waals surface area contributed by atoms with E-state index in [1.165, 1.54) is 35.3 Å². The van der Waals surface area contributed by atoms with Gasteiger partial charge in [0.25, 0.3) is 0 Å². The summed E-state index contributed by atoms with van der Waals surface area (Å²) in [5.74, 6) is -3.07. The Kier molecular flexibility index (Phi) is 20.6. The van der Waals surface area contributed by atoms with Crippen molar-refractivity contribution in [2.45, 2.75) is 56.1 Å². The Balaban J connectivity index is 0.000000523. The fraction of sp³-hybridized carbons (Fsp3) is 0.250. The number of benzene rings is 3. The molecule has 3 unspecified atom stereocenters. The van der Waals surface area contributed by atoms with E-state index in [9.17, 15) is 29.7 Å². The van der Waals surface area contributed by atoms with Crippen molar-refractivity contribution < 1.29 is 29.7 Å². The van der Waals surface area contributed by atoms with Crippen molar-refractivity contribution in [2.24, 2.45) is 0 Å². The summed E-state index contributed by atoms with van der Waals surface area (Å²) in [4.78, 5) is 36.1. The molecule has 3 aromatic carbocycles. The van der Waals surface area contributed by atoms with Crippen LogP contribution in [0.5, 0.6) is 0 Å². The molecular weight excluding hydrogens is 647 g/mol.